The maximum absolute atomic E-state index is 13.9. The molecule has 2 aliphatic heterocycles. The van der Waals surface area contributed by atoms with Gasteiger partial charge in [-0.1, -0.05) is 36.4 Å². The van der Waals surface area contributed by atoms with Crippen LogP contribution in [0.4, 0.5) is 0 Å². The molecule has 5 rings (SSSR count). The Bertz CT molecular complexity index is 1490. The Morgan fingerprint density at radius 2 is 1.70 bits per heavy atom. The number of nitrogens with one attached hydrogen (secondary N) is 1. The van der Waals surface area contributed by atoms with E-state index >= 15 is 0 Å². The molecular weight excluding hydrogens is 532 g/mol. The summed E-state index contributed by atoms with van der Waals surface area (Å²) >= 11 is 1.46. The number of carboxylic acid groups (broad SMARTS) is 1. The number of para-hydroxylation sites is 2. The normalized spacial score (nSPS) is 24.0. The Kier molecular flexibility index (Phi) is 7.61. The third kappa shape index (κ3) is 4.43. The molecule has 2 aromatic carbocycles. The smallest absolute Gasteiger partial charge is 0.324 e. The van der Waals surface area contributed by atoms with E-state index in [2.05, 4.69) is 5.32 Å². The first-order chi connectivity index (χ1) is 19.2. The number of fused-ring (bicyclic) bond motifs is 1. The molecule has 2 amide bonds. The van der Waals surface area contributed by atoms with Crippen molar-refractivity contribution in [3.05, 3.63) is 82.3 Å². The van der Waals surface area contributed by atoms with Crippen LogP contribution in [-0.2, 0) is 21.4 Å². The number of likely N-dealkylation sites (tertiary alicyclic amines) is 1. The molecule has 10 nitrogen and oxygen atoms in total. The monoisotopic (exact) mass is 564 g/mol. The molecule has 3 heterocycles. The zero-order valence-electron chi connectivity index (χ0n) is 22.6. The second-order valence-electron chi connectivity index (χ2n) is 10.1. The Balaban J connectivity index is 1.56. The van der Waals surface area contributed by atoms with E-state index in [0.717, 1.165) is 4.90 Å². The molecule has 4 unspecified atom stereocenters. The molecule has 210 valence electrons. The minimum atomic E-state index is -1.70. The second kappa shape index (κ2) is 11.0. The molecule has 0 radical (unpaired) electrons. The van der Waals surface area contributed by atoms with E-state index in [9.17, 15) is 24.3 Å². The molecule has 2 saturated heterocycles. The van der Waals surface area contributed by atoms with Crippen LogP contribution >= 0.6 is 11.8 Å². The molecule has 2 aliphatic rings. The molecule has 0 bridgehead atoms. The first-order valence-electron chi connectivity index (χ1n) is 13.1. The summed E-state index contributed by atoms with van der Waals surface area (Å²) in [5.41, 5.74) is -0.551. The van der Waals surface area contributed by atoms with Gasteiger partial charge in [0.25, 0.3) is 5.56 Å². The van der Waals surface area contributed by atoms with Crippen molar-refractivity contribution in [1.82, 2.24) is 19.6 Å². The highest BCUT2D eigenvalue weighted by Crippen LogP contribution is 2.50. The average molecular weight is 565 g/mol. The fourth-order valence-corrected chi connectivity index (χ4v) is 6.57. The van der Waals surface area contributed by atoms with E-state index in [1.165, 1.54) is 16.4 Å². The molecule has 2 fully saturated rings. The highest BCUT2D eigenvalue weighted by Gasteiger charge is 2.68. The van der Waals surface area contributed by atoms with Crippen LogP contribution in [0.15, 0.2) is 65.5 Å². The summed E-state index contributed by atoms with van der Waals surface area (Å²) in [6.45, 7) is 1.81. The van der Waals surface area contributed by atoms with E-state index in [1.807, 2.05) is 42.7 Å². The summed E-state index contributed by atoms with van der Waals surface area (Å²) < 4.78 is 8.92. The molecule has 0 spiro atoms. The van der Waals surface area contributed by atoms with Gasteiger partial charge in [-0.15, -0.1) is 0 Å². The topological polar surface area (TPSA) is 123 Å². The van der Waals surface area contributed by atoms with Gasteiger partial charge in [-0.2, -0.15) is 11.8 Å². The number of thioether (sulfide) groups is 1. The highest BCUT2D eigenvalue weighted by molar-refractivity contribution is 7.98. The van der Waals surface area contributed by atoms with Crippen molar-refractivity contribution >= 4 is 29.5 Å². The van der Waals surface area contributed by atoms with Crippen molar-refractivity contribution in [2.24, 2.45) is 18.9 Å². The Hall–Kier alpha value is -3.83. The Morgan fingerprint density at radius 1 is 1.05 bits per heavy atom. The summed E-state index contributed by atoms with van der Waals surface area (Å²) in [6, 6.07) is 17.2. The highest BCUT2D eigenvalue weighted by atomic mass is 32.2. The fraction of sp³-hybridized carbons (Fsp3) is 0.379. The number of amides is 2. The third-order valence-corrected chi connectivity index (χ3v) is 8.68. The molecule has 40 heavy (non-hydrogen) atoms. The predicted molar refractivity (Wildman–Crippen MR) is 151 cm³/mol. The van der Waals surface area contributed by atoms with Crippen LogP contribution in [0.2, 0.25) is 0 Å². The van der Waals surface area contributed by atoms with Gasteiger partial charge in [-0.3, -0.25) is 34.1 Å². The molecule has 0 saturated carbocycles. The molecular formula is C29H32N4O6S. The Morgan fingerprint density at radius 3 is 2.33 bits per heavy atom. The number of aromatic nitrogens is 2. The van der Waals surface area contributed by atoms with E-state index in [-0.39, 0.29) is 30.7 Å². The molecule has 4 atom stereocenters. The lowest BCUT2D eigenvalue weighted by atomic mass is 9.78. The van der Waals surface area contributed by atoms with Crippen molar-refractivity contribution in [3.8, 4) is 11.4 Å². The van der Waals surface area contributed by atoms with Crippen LogP contribution in [-0.4, -0.2) is 67.9 Å². The number of rotatable bonds is 10. The van der Waals surface area contributed by atoms with Crippen molar-refractivity contribution < 1.29 is 24.2 Å². The molecule has 2 N–H and O–H groups in total. The van der Waals surface area contributed by atoms with Gasteiger partial charge in [0.05, 0.1) is 35.7 Å². The lowest BCUT2D eigenvalue weighted by Crippen LogP contribution is -2.56. The van der Waals surface area contributed by atoms with E-state index in [1.54, 1.807) is 42.9 Å². The summed E-state index contributed by atoms with van der Waals surface area (Å²) in [5.74, 6) is -3.40. The lowest BCUT2D eigenvalue weighted by molar-refractivity contribution is -0.151. The fourth-order valence-electron chi connectivity index (χ4n) is 6.05. The first kappa shape index (κ1) is 27.7. The maximum Gasteiger partial charge on any atom is 0.324 e. The molecule has 3 aromatic rings. The van der Waals surface area contributed by atoms with Gasteiger partial charge in [0.2, 0.25) is 11.8 Å². The van der Waals surface area contributed by atoms with E-state index in [0.29, 0.717) is 22.9 Å². The molecule has 11 heteroatoms. The summed E-state index contributed by atoms with van der Waals surface area (Å²) in [5, 5.41) is 13.7. The van der Waals surface area contributed by atoms with Crippen molar-refractivity contribution in [2.45, 2.75) is 24.9 Å². The predicted octanol–water partition coefficient (Wildman–Crippen LogP) is 2.39. The van der Waals surface area contributed by atoms with Gasteiger partial charge < -0.3 is 9.84 Å². The van der Waals surface area contributed by atoms with Crippen LogP contribution < -0.4 is 15.6 Å². The van der Waals surface area contributed by atoms with Gasteiger partial charge in [0, 0.05) is 12.7 Å². The summed E-state index contributed by atoms with van der Waals surface area (Å²) in [6.07, 6.45) is 1.97. The molecule has 1 aromatic heterocycles. The van der Waals surface area contributed by atoms with Gasteiger partial charge in [-0.25, -0.2) is 4.68 Å². The van der Waals surface area contributed by atoms with Crippen LogP contribution in [0, 0.1) is 18.8 Å². The quantitative estimate of drug-likeness (QED) is 0.360. The largest absolute Gasteiger partial charge is 0.492 e. The number of aliphatic carboxylic acids is 1. The number of hydrogen-bond acceptors (Lipinski definition) is 7. The van der Waals surface area contributed by atoms with Gasteiger partial charge >= 0.3 is 5.97 Å². The number of hydrogen-bond donors (Lipinski definition) is 2. The van der Waals surface area contributed by atoms with Gasteiger partial charge in [0.1, 0.15) is 17.9 Å². The standard InChI is InChI=1S/C29H32N4O6S/c1-18-21(26(35)33(31(18)2)19-10-6-4-7-11-19)24-22-23(29(30-24,28(37)38)14-17-40-3)27(36)32(25(22)34)15-16-39-20-12-8-5-9-13-20/h4-13,22-24,30H,14-17H2,1-3H3,(H,37,38). The third-order valence-electron chi connectivity index (χ3n) is 8.06. The Labute approximate surface area is 235 Å². The van der Waals surface area contributed by atoms with Crippen molar-refractivity contribution in [2.75, 3.05) is 25.2 Å². The number of imide groups is 1. The summed E-state index contributed by atoms with van der Waals surface area (Å²) in [7, 11) is 1.74. The number of carbonyl (C=O) groups is 3. The minimum absolute atomic E-state index is 0.0213. The van der Waals surface area contributed by atoms with Gasteiger partial charge in [-0.05, 0) is 49.6 Å². The summed E-state index contributed by atoms with van der Waals surface area (Å²) in [4.78, 5) is 55.6. The van der Waals surface area contributed by atoms with Crippen molar-refractivity contribution in [3.63, 3.8) is 0 Å². The van der Waals surface area contributed by atoms with Crippen LogP contribution in [0.1, 0.15) is 23.7 Å². The number of carboxylic acids is 1. The zero-order chi connectivity index (χ0) is 28.6. The number of carbonyl (C=O) groups excluding carboxylic acids is 2. The zero-order valence-corrected chi connectivity index (χ0v) is 23.4. The SMILES string of the molecule is CSCCC1(C(=O)O)NC(c2c(C)n(C)n(-c3ccccc3)c2=O)C2C(=O)N(CCOc3ccccc3)C(=O)C21. The number of ether oxygens (including phenoxy) is 1. The number of benzene rings is 2. The van der Waals surface area contributed by atoms with E-state index < -0.39 is 41.2 Å². The lowest BCUT2D eigenvalue weighted by Gasteiger charge is -2.31. The average Bonchev–Trinajstić information content (AvgIpc) is 3.50. The van der Waals surface area contributed by atoms with Gasteiger partial charge in [0.15, 0.2) is 0 Å². The van der Waals surface area contributed by atoms with Crippen LogP contribution in [0.5, 0.6) is 5.75 Å². The maximum atomic E-state index is 13.9. The minimum Gasteiger partial charge on any atom is -0.492 e. The second-order valence-corrected chi connectivity index (χ2v) is 11.1. The molecule has 0 aliphatic carbocycles. The van der Waals surface area contributed by atoms with Crippen molar-refractivity contribution in [1.29, 1.82) is 0 Å². The van der Waals surface area contributed by atoms with Crippen LogP contribution in [0.3, 0.4) is 0 Å². The number of nitrogens with zero attached hydrogens (tertiary/aromatic N) is 3. The van der Waals surface area contributed by atoms with Crippen LogP contribution in [0.25, 0.3) is 5.69 Å². The van der Waals surface area contributed by atoms with E-state index in [4.69, 9.17) is 4.74 Å². The first-order valence-corrected chi connectivity index (χ1v) is 14.5.